The number of ether oxygens (including phenoxy) is 1. The van der Waals surface area contributed by atoms with Crippen molar-refractivity contribution >= 4 is 16.0 Å². The Hall–Kier alpha value is -0.660. The van der Waals surface area contributed by atoms with Gasteiger partial charge in [-0.15, -0.1) is 0 Å². The summed E-state index contributed by atoms with van der Waals surface area (Å²) < 4.78 is 30.9. The summed E-state index contributed by atoms with van der Waals surface area (Å²) in [4.78, 5) is 11.0. The molecule has 7 heteroatoms. The van der Waals surface area contributed by atoms with E-state index in [1.807, 2.05) is 0 Å². The topological polar surface area (TPSA) is 83.9 Å². The predicted octanol–water partition coefficient (Wildman–Crippen LogP) is 0.434. The third-order valence-corrected chi connectivity index (χ3v) is 5.46. The van der Waals surface area contributed by atoms with Crippen molar-refractivity contribution in [2.45, 2.75) is 44.2 Å². The molecule has 0 amide bonds. The van der Waals surface area contributed by atoms with Gasteiger partial charge in [-0.3, -0.25) is 4.79 Å². The number of carboxylic acid groups (broad SMARTS) is 1. The van der Waals surface area contributed by atoms with Crippen LogP contribution in [0.3, 0.4) is 0 Å². The largest absolute Gasteiger partial charge is 0.480 e. The minimum absolute atomic E-state index is 0.0865. The summed E-state index contributed by atoms with van der Waals surface area (Å²) in [5.74, 6) is -1.14. The van der Waals surface area contributed by atoms with Crippen LogP contribution in [-0.4, -0.2) is 54.8 Å². The van der Waals surface area contributed by atoms with Crippen LogP contribution in [0.1, 0.15) is 32.1 Å². The number of carboxylic acids is 1. The molecule has 0 aromatic rings. The summed E-state index contributed by atoms with van der Waals surface area (Å²) in [5, 5.41) is 9.02. The Morgan fingerprint density at radius 3 is 2.67 bits per heavy atom. The van der Waals surface area contributed by atoms with Gasteiger partial charge in [-0.25, -0.2) is 8.42 Å². The molecule has 2 heterocycles. The van der Waals surface area contributed by atoms with Gasteiger partial charge in [0.25, 0.3) is 0 Å². The highest BCUT2D eigenvalue weighted by atomic mass is 32.2. The zero-order valence-electron chi connectivity index (χ0n) is 10.2. The van der Waals surface area contributed by atoms with Gasteiger partial charge in [0, 0.05) is 13.2 Å². The molecule has 1 N–H and O–H groups in total. The fourth-order valence-corrected chi connectivity index (χ4v) is 4.50. The lowest BCUT2D eigenvalue weighted by atomic mass is 10.1. The predicted molar refractivity (Wildman–Crippen MR) is 64.7 cm³/mol. The van der Waals surface area contributed by atoms with E-state index in [1.165, 1.54) is 0 Å². The van der Waals surface area contributed by atoms with E-state index in [-0.39, 0.29) is 11.9 Å². The molecule has 0 radical (unpaired) electrons. The Morgan fingerprint density at radius 1 is 1.28 bits per heavy atom. The van der Waals surface area contributed by atoms with E-state index in [0.717, 1.165) is 23.6 Å². The summed E-state index contributed by atoms with van der Waals surface area (Å²) in [7, 11) is -3.53. The molecule has 0 aliphatic carbocycles. The van der Waals surface area contributed by atoms with Crippen LogP contribution in [0.15, 0.2) is 0 Å². The highest BCUT2D eigenvalue weighted by molar-refractivity contribution is 7.89. The maximum atomic E-state index is 12.2. The Balaban J connectivity index is 2.03. The molecule has 18 heavy (non-hydrogen) atoms. The number of aliphatic carboxylic acids is 1. The maximum absolute atomic E-state index is 12.2. The fourth-order valence-electron chi connectivity index (χ4n) is 2.59. The summed E-state index contributed by atoms with van der Waals surface area (Å²) in [6.07, 6.45) is 3.42. The lowest BCUT2D eigenvalue weighted by Gasteiger charge is -2.26. The minimum Gasteiger partial charge on any atom is -0.480 e. The highest BCUT2D eigenvalue weighted by Gasteiger charge is 2.39. The third-order valence-electron chi connectivity index (χ3n) is 3.52. The third kappa shape index (κ3) is 3.02. The summed E-state index contributed by atoms with van der Waals surface area (Å²) >= 11 is 0. The van der Waals surface area contributed by atoms with E-state index < -0.39 is 22.0 Å². The first-order chi connectivity index (χ1) is 8.50. The number of sulfonamides is 1. The summed E-state index contributed by atoms with van der Waals surface area (Å²) in [6, 6.07) is -0.890. The normalized spacial score (nSPS) is 30.4. The lowest BCUT2D eigenvalue weighted by Crippen LogP contribution is -2.44. The van der Waals surface area contributed by atoms with Crippen LogP contribution in [0, 0.1) is 0 Å². The monoisotopic (exact) mass is 277 g/mol. The van der Waals surface area contributed by atoms with Crippen molar-refractivity contribution in [2.24, 2.45) is 0 Å². The van der Waals surface area contributed by atoms with Gasteiger partial charge in [-0.1, -0.05) is 0 Å². The molecule has 2 fully saturated rings. The second-order valence-corrected chi connectivity index (χ2v) is 6.84. The van der Waals surface area contributed by atoms with Crippen LogP contribution < -0.4 is 0 Å². The Labute approximate surface area is 107 Å². The first kappa shape index (κ1) is 13.8. The summed E-state index contributed by atoms with van der Waals surface area (Å²) in [6.45, 7) is 0.911. The molecular formula is C11H19NO5S. The number of rotatable bonds is 4. The Kier molecular flexibility index (Phi) is 4.24. The van der Waals surface area contributed by atoms with Gasteiger partial charge < -0.3 is 9.84 Å². The van der Waals surface area contributed by atoms with Gasteiger partial charge in [-0.2, -0.15) is 4.31 Å². The van der Waals surface area contributed by atoms with Crippen LogP contribution in [0.25, 0.3) is 0 Å². The summed E-state index contributed by atoms with van der Waals surface area (Å²) in [5.41, 5.74) is 0. The smallest absolute Gasteiger partial charge is 0.322 e. The molecule has 2 rings (SSSR count). The van der Waals surface area contributed by atoms with Crippen LogP contribution in [-0.2, 0) is 19.6 Å². The average molecular weight is 277 g/mol. The highest BCUT2D eigenvalue weighted by Crippen LogP contribution is 2.24. The second kappa shape index (κ2) is 5.54. The van der Waals surface area contributed by atoms with E-state index >= 15 is 0 Å². The van der Waals surface area contributed by atoms with Gasteiger partial charge >= 0.3 is 5.97 Å². The van der Waals surface area contributed by atoms with Gasteiger partial charge in [0.2, 0.25) is 10.0 Å². The molecule has 2 aliphatic heterocycles. The molecule has 0 saturated carbocycles. The van der Waals surface area contributed by atoms with E-state index in [9.17, 15) is 13.2 Å². The van der Waals surface area contributed by atoms with Crippen LogP contribution in [0.5, 0.6) is 0 Å². The molecule has 2 aliphatic rings. The zero-order chi connectivity index (χ0) is 13.2. The van der Waals surface area contributed by atoms with Crippen LogP contribution >= 0.6 is 0 Å². The molecule has 1 unspecified atom stereocenters. The molecule has 0 bridgehead atoms. The van der Waals surface area contributed by atoms with Gasteiger partial charge in [0.05, 0.1) is 11.9 Å². The molecule has 104 valence electrons. The van der Waals surface area contributed by atoms with Gasteiger partial charge in [0.1, 0.15) is 6.04 Å². The van der Waals surface area contributed by atoms with Crippen molar-refractivity contribution in [3.05, 3.63) is 0 Å². The first-order valence-electron chi connectivity index (χ1n) is 6.34. The molecule has 2 saturated heterocycles. The average Bonchev–Trinajstić information content (AvgIpc) is 2.79. The lowest BCUT2D eigenvalue weighted by molar-refractivity contribution is -0.140. The SMILES string of the molecule is O=C(O)[C@H]1CCCN1S(=O)(=O)CC1CCCCO1. The zero-order valence-corrected chi connectivity index (χ0v) is 11.1. The molecule has 0 spiro atoms. The van der Waals surface area contributed by atoms with E-state index in [0.29, 0.717) is 26.0 Å². The first-order valence-corrected chi connectivity index (χ1v) is 7.95. The number of hydrogen-bond acceptors (Lipinski definition) is 4. The van der Waals surface area contributed by atoms with Crippen molar-refractivity contribution in [3.8, 4) is 0 Å². The number of carbonyl (C=O) groups is 1. The second-order valence-electron chi connectivity index (χ2n) is 4.87. The van der Waals surface area contributed by atoms with E-state index in [4.69, 9.17) is 9.84 Å². The van der Waals surface area contributed by atoms with Crippen molar-refractivity contribution in [1.82, 2.24) is 4.31 Å². The molecule has 0 aromatic carbocycles. The van der Waals surface area contributed by atoms with Crippen molar-refractivity contribution < 1.29 is 23.1 Å². The van der Waals surface area contributed by atoms with Crippen molar-refractivity contribution in [1.29, 1.82) is 0 Å². The number of hydrogen-bond donors (Lipinski definition) is 1. The van der Waals surface area contributed by atoms with E-state index in [2.05, 4.69) is 0 Å². The quantitative estimate of drug-likeness (QED) is 0.806. The number of nitrogens with zero attached hydrogens (tertiary/aromatic N) is 1. The van der Waals surface area contributed by atoms with Crippen LogP contribution in [0.2, 0.25) is 0 Å². The molecule has 0 aromatic heterocycles. The van der Waals surface area contributed by atoms with Gasteiger partial charge in [0.15, 0.2) is 0 Å². The Morgan fingerprint density at radius 2 is 2.06 bits per heavy atom. The van der Waals surface area contributed by atoms with Crippen LogP contribution in [0.4, 0.5) is 0 Å². The van der Waals surface area contributed by atoms with Gasteiger partial charge in [-0.05, 0) is 32.1 Å². The standard InChI is InChI=1S/C11H19NO5S/c13-11(14)10-5-3-6-12(10)18(15,16)8-9-4-1-2-7-17-9/h9-10H,1-8H2,(H,13,14)/t9?,10-/m1/s1. The molecule has 6 nitrogen and oxygen atoms in total. The fraction of sp³-hybridized carbons (Fsp3) is 0.909. The molecule has 2 atom stereocenters. The van der Waals surface area contributed by atoms with Crippen molar-refractivity contribution in [2.75, 3.05) is 18.9 Å². The molecular weight excluding hydrogens is 258 g/mol. The van der Waals surface area contributed by atoms with Crippen molar-refractivity contribution in [3.63, 3.8) is 0 Å². The Bertz CT molecular complexity index is 402. The van der Waals surface area contributed by atoms with E-state index in [1.54, 1.807) is 0 Å². The maximum Gasteiger partial charge on any atom is 0.322 e. The minimum atomic E-state index is -3.53.